The lowest BCUT2D eigenvalue weighted by Gasteiger charge is -2.20. The fraction of sp³-hybridized carbons (Fsp3) is 0.438. The first-order valence-electron chi connectivity index (χ1n) is 7.50. The number of aliphatic hydroxyl groups excluding tert-OH is 1. The normalized spacial score (nSPS) is 21.2. The lowest BCUT2D eigenvalue weighted by Crippen LogP contribution is -2.17. The molecule has 0 radical (unpaired) electrons. The van der Waals surface area contributed by atoms with E-state index in [0.717, 1.165) is 66.0 Å². The number of hydrogen-bond acceptors (Lipinski definition) is 5. The van der Waals surface area contributed by atoms with Gasteiger partial charge in [-0.3, -0.25) is 0 Å². The number of rotatable bonds is 1. The van der Waals surface area contributed by atoms with Crippen LogP contribution in [0.3, 0.4) is 0 Å². The van der Waals surface area contributed by atoms with Crippen LogP contribution in [-0.2, 0) is 6.42 Å². The summed E-state index contributed by atoms with van der Waals surface area (Å²) in [6, 6.07) is 8.12. The van der Waals surface area contributed by atoms with Crippen molar-refractivity contribution in [1.29, 1.82) is 0 Å². The third-order valence-corrected chi connectivity index (χ3v) is 5.30. The van der Waals surface area contributed by atoms with E-state index in [9.17, 15) is 5.11 Å². The Morgan fingerprint density at radius 3 is 3.10 bits per heavy atom. The van der Waals surface area contributed by atoms with E-state index in [0.29, 0.717) is 0 Å². The molecule has 1 unspecified atom stereocenters. The highest BCUT2D eigenvalue weighted by molar-refractivity contribution is 7.15. The Kier molecular flexibility index (Phi) is 3.31. The fourth-order valence-electron chi connectivity index (χ4n) is 3.03. The molecular formula is C16H18N2O2S. The van der Waals surface area contributed by atoms with Gasteiger partial charge in [-0.05, 0) is 37.8 Å². The van der Waals surface area contributed by atoms with E-state index in [1.807, 2.05) is 18.2 Å². The number of benzene rings is 1. The summed E-state index contributed by atoms with van der Waals surface area (Å²) in [7, 11) is 0. The second-order valence-electron chi connectivity index (χ2n) is 5.54. The molecule has 4 rings (SSSR count). The third-order valence-electron chi connectivity index (χ3n) is 4.08. The van der Waals surface area contributed by atoms with Gasteiger partial charge in [0.05, 0.1) is 29.0 Å². The molecule has 2 aromatic rings. The molecule has 1 N–H and O–H groups in total. The van der Waals surface area contributed by atoms with Crippen molar-refractivity contribution in [2.45, 2.75) is 31.8 Å². The van der Waals surface area contributed by atoms with Crippen LogP contribution in [0.15, 0.2) is 24.3 Å². The van der Waals surface area contributed by atoms with E-state index in [1.165, 1.54) is 0 Å². The fourth-order valence-corrected chi connectivity index (χ4v) is 4.20. The van der Waals surface area contributed by atoms with Gasteiger partial charge in [0.25, 0.3) is 0 Å². The minimum absolute atomic E-state index is 0.335. The van der Waals surface area contributed by atoms with Crippen molar-refractivity contribution in [2.75, 3.05) is 18.1 Å². The number of aromatic nitrogens is 1. The monoisotopic (exact) mass is 302 g/mol. The highest BCUT2D eigenvalue weighted by Gasteiger charge is 2.26. The number of fused-ring (bicyclic) bond motifs is 2. The van der Waals surface area contributed by atoms with Crippen LogP contribution in [-0.4, -0.2) is 23.2 Å². The van der Waals surface area contributed by atoms with Crippen molar-refractivity contribution in [1.82, 2.24) is 4.98 Å². The first-order valence-corrected chi connectivity index (χ1v) is 8.31. The molecule has 0 saturated heterocycles. The van der Waals surface area contributed by atoms with E-state index >= 15 is 0 Å². The summed E-state index contributed by atoms with van der Waals surface area (Å²) in [5.41, 5.74) is 2.16. The summed E-state index contributed by atoms with van der Waals surface area (Å²) < 4.78 is 5.81. The molecule has 5 heteroatoms. The van der Waals surface area contributed by atoms with Crippen LogP contribution in [0.5, 0.6) is 5.75 Å². The summed E-state index contributed by atoms with van der Waals surface area (Å²) in [6.45, 7) is 1.64. The highest BCUT2D eigenvalue weighted by Crippen LogP contribution is 2.42. The van der Waals surface area contributed by atoms with Gasteiger partial charge in [-0.25, -0.2) is 4.98 Å². The van der Waals surface area contributed by atoms with E-state index in [-0.39, 0.29) is 6.10 Å². The van der Waals surface area contributed by atoms with Gasteiger partial charge < -0.3 is 14.7 Å². The van der Waals surface area contributed by atoms with Crippen molar-refractivity contribution in [3.63, 3.8) is 0 Å². The lowest BCUT2D eigenvalue weighted by molar-refractivity contribution is 0.160. The molecule has 0 spiro atoms. The maximum Gasteiger partial charge on any atom is 0.190 e. The Hall–Kier alpha value is -1.59. The first kappa shape index (κ1) is 13.1. The molecule has 4 nitrogen and oxygen atoms in total. The van der Waals surface area contributed by atoms with Crippen molar-refractivity contribution < 1.29 is 9.84 Å². The maximum absolute atomic E-state index is 10.2. The molecule has 0 bridgehead atoms. The summed E-state index contributed by atoms with van der Waals surface area (Å²) >= 11 is 1.63. The van der Waals surface area contributed by atoms with Gasteiger partial charge in [-0.1, -0.05) is 23.5 Å². The van der Waals surface area contributed by atoms with Crippen LogP contribution in [0.25, 0.3) is 0 Å². The zero-order valence-corrected chi connectivity index (χ0v) is 12.6. The van der Waals surface area contributed by atoms with Crippen LogP contribution in [0.2, 0.25) is 0 Å². The number of ether oxygens (including phenoxy) is 1. The molecule has 0 amide bonds. The molecule has 1 aliphatic heterocycles. The Balaban J connectivity index is 1.76. The second-order valence-corrected chi connectivity index (χ2v) is 6.55. The molecule has 21 heavy (non-hydrogen) atoms. The summed E-state index contributed by atoms with van der Waals surface area (Å²) in [4.78, 5) is 8.08. The number of nitrogens with zero attached hydrogens (tertiary/aromatic N) is 2. The van der Waals surface area contributed by atoms with Gasteiger partial charge in [-0.15, -0.1) is 0 Å². The van der Waals surface area contributed by atoms with Crippen LogP contribution in [0.1, 0.15) is 35.9 Å². The second kappa shape index (κ2) is 5.31. The minimum Gasteiger partial charge on any atom is -0.491 e. The van der Waals surface area contributed by atoms with Crippen LogP contribution in [0.4, 0.5) is 10.8 Å². The van der Waals surface area contributed by atoms with E-state index < -0.39 is 0 Å². The molecule has 110 valence electrons. The van der Waals surface area contributed by atoms with Crippen molar-refractivity contribution in [3.05, 3.63) is 34.8 Å². The lowest BCUT2D eigenvalue weighted by atomic mass is 10.0. The van der Waals surface area contributed by atoms with Gasteiger partial charge in [0.2, 0.25) is 0 Å². The molecule has 0 fully saturated rings. The summed E-state index contributed by atoms with van der Waals surface area (Å²) in [6.07, 6.45) is 3.50. The topological polar surface area (TPSA) is 45.6 Å². The Morgan fingerprint density at radius 2 is 2.19 bits per heavy atom. The highest BCUT2D eigenvalue weighted by atomic mass is 32.1. The van der Waals surface area contributed by atoms with Gasteiger partial charge in [0.1, 0.15) is 5.75 Å². The number of aliphatic hydroxyl groups is 1. The van der Waals surface area contributed by atoms with Crippen LogP contribution in [0, 0.1) is 0 Å². The molecule has 1 atom stereocenters. The SMILES string of the molecule is OC1CCCc2nc(N3CCCOc4ccccc43)sc21. The average molecular weight is 302 g/mol. The minimum atomic E-state index is -0.335. The molecule has 1 aromatic carbocycles. The number of hydrogen-bond donors (Lipinski definition) is 1. The van der Waals surface area contributed by atoms with E-state index in [1.54, 1.807) is 11.3 Å². The largest absolute Gasteiger partial charge is 0.491 e. The maximum atomic E-state index is 10.2. The third kappa shape index (κ3) is 2.30. The standard InChI is InChI=1S/C16H18N2O2S/c19-13-7-3-5-11-15(13)21-16(17-11)18-9-4-10-20-14-8-2-1-6-12(14)18/h1-2,6,8,13,19H,3-5,7,9-10H2. The number of anilines is 2. The smallest absolute Gasteiger partial charge is 0.190 e. The van der Waals surface area contributed by atoms with Crippen molar-refractivity contribution >= 4 is 22.2 Å². The Morgan fingerprint density at radius 1 is 1.29 bits per heavy atom. The van der Waals surface area contributed by atoms with Crippen molar-refractivity contribution in [3.8, 4) is 5.75 Å². The quantitative estimate of drug-likeness (QED) is 0.876. The van der Waals surface area contributed by atoms with E-state index in [2.05, 4.69) is 11.0 Å². The molecular weight excluding hydrogens is 284 g/mol. The van der Waals surface area contributed by atoms with Crippen molar-refractivity contribution in [2.24, 2.45) is 0 Å². The number of para-hydroxylation sites is 2. The molecule has 2 heterocycles. The van der Waals surface area contributed by atoms with Gasteiger partial charge in [-0.2, -0.15) is 0 Å². The summed E-state index contributed by atoms with van der Waals surface area (Å²) in [5, 5.41) is 11.1. The zero-order chi connectivity index (χ0) is 14.2. The Labute approximate surface area is 128 Å². The molecule has 1 aromatic heterocycles. The average Bonchev–Trinajstić information content (AvgIpc) is 2.82. The number of thiazole rings is 1. The van der Waals surface area contributed by atoms with Crippen LogP contribution < -0.4 is 9.64 Å². The summed E-state index contributed by atoms with van der Waals surface area (Å²) in [5.74, 6) is 0.920. The first-order chi connectivity index (χ1) is 10.3. The molecule has 1 aliphatic carbocycles. The zero-order valence-electron chi connectivity index (χ0n) is 11.8. The molecule has 2 aliphatic rings. The molecule has 0 saturated carbocycles. The number of aryl methyl sites for hydroxylation is 1. The predicted octanol–water partition coefficient (Wildman–Crippen LogP) is 3.43. The van der Waals surface area contributed by atoms with Gasteiger partial charge in [0, 0.05) is 6.54 Å². The van der Waals surface area contributed by atoms with Crippen LogP contribution >= 0.6 is 11.3 Å². The van der Waals surface area contributed by atoms with Gasteiger partial charge in [0.15, 0.2) is 5.13 Å². The predicted molar refractivity (Wildman–Crippen MR) is 83.6 cm³/mol. The van der Waals surface area contributed by atoms with E-state index in [4.69, 9.17) is 9.72 Å². The van der Waals surface area contributed by atoms with Gasteiger partial charge >= 0.3 is 0 Å². The Bertz CT molecular complexity index is 655.